The van der Waals surface area contributed by atoms with Crippen LogP contribution >= 0.6 is 11.6 Å². The van der Waals surface area contributed by atoms with E-state index in [1.54, 1.807) is 0 Å². The van der Waals surface area contributed by atoms with Gasteiger partial charge in [-0.2, -0.15) is 0 Å². The van der Waals surface area contributed by atoms with E-state index in [0.29, 0.717) is 0 Å². The minimum atomic E-state index is 0.754. The highest BCUT2D eigenvalue weighted by Gasteiger charge is 2.12. The van der Waals surface area contributed by atoms with Gasteiger partial charge in [0.2, 0.25) is 0 Å². The fraction of sp³-hybridized carbons (Fsp3) is 0. The molecule has 0 aromatic heterocycles. The van der Waals surface area contributed by atoms with Crippen LogP contribution in [0.5, 0.6) is 0 Å². The van der Waals surface area contributed by atoms with E-state index in [4.69, 9.17) is 11.6 Å². The molecular weight excluding hydrogens is 482 g/mol. The van der Waals surface area contributed by atoms with Crippen molar-refractivity contribution in [1.82, 2.24) is 0 Å². The van der Waals surface area contributed by atoms with Gasteiger partial charge in [0.05, 0.1) is 0 Å². The molecule has 0 aliphatic carbocycles. The molecule has 6 aromatic rings. The third kappa shape index (κ3) is 5.11. The standard InChI is InChI=1S/C36H26ClN/c37-33-24-22-30(23-25-33)29-16-14-27(15-17-29)28-18-20-31(21-19-28)32-8-7-13-36(26-32)38(34-9-3-1-4-10-34)35-11-5-2-6-12-35/h1-26H. The molecule has 0 saturated heterocycles. The largest absolute Gasteiger partial charge is 0.310 e. The number of para-hydroxylation sites is 2. The van der Waals surface area contributed by atoms with Crippen LogP contribution < -0.4 is 4.90 Å². The van der Waals surface area contributed by atoms with Crippen molar-refractivity contribution in [2.75, 3.05) is 4.90 Å². The summed E-state index contributed by atoms with van der Waals surface area (Å²) in [6, 6.07) is 55.2. The first-order valence-corrected chi connectivity index (χ1v) is 13.1. The molecule has 2 heteroatoms. The van der Waals surface area contributed by atoms with Crippen LogP contribution in [0, 0.1) is 0 Å². The summed E-state index contributed by atoms with van der Waals surface area (Å²) in [6.07, 6.45) is 0. The van der Waals surface area contributed by atoms with E-state index in [0.717, 1.165) is 27.6 Å². The van der Waals surface area contributed by atoms with Gasteiger partial charge in [0.15, 0.2) is 0 Å². The van der Waals surface area contributed by atoms with Gasteiger partial charge >= 0.3 is 0 Å². The van der Waals surface area contributed by atoms with Gasteiger partial charge in [-0.05, 0) is 81.9 Å². The van der Waals surface area contributed by atoms with Gasteiger partial charge in [0.1, 0.15) is 0 Å². The molecule has 1 nitrogen and oxygen atoms in total. The highest BCUT2D eigenvalue weighted by Crippen LogP contribution is 2.36. The van der Waals surface area contributed by atoms with E-state index in [1.807, 2.05) is 12.1 Å². The lowest BCUT2D eigenvalue weighted by Crippen LogP contribution is -2.09. The van der Waals surface area contributed by atoms with Gasteiger partial charge in [0, 0.05) is 22.1 Å². The Morgan fingerprint density at radius 3 is 1.13 bits per heavy atom. The predicted molar refractivity (Wildman–Crippen MR) is 162 cm³/mol. The predicted octanol–water partition coefficient (Wildman–Crippen LogP) is 10.8. The number of benzene rings is 6. The van der Waals surface area contributed by atoms with E-state index in [-0.39, 0.29) is 0 Å². The zero-order valence-corrected chi connectivity index (χ0v) is 21.6. The van der Waals surface area contributed by atoms with Crippen molar-refractivity contribution in [2.24, 2.45) is 0 Å². The summed E-state index contributed by atoms with van der Waals surface area (Å²) in [5.41, 5.74) is 10.5. The normalized spacial score (nSPS) is 10.8. The summed E-state index contributed by atoms with van der Waals surface area (Å²) in [5.74, 6) is 0. The molecule has 0 aliphatic heterocycles. The third-order valence-corrected chi connectivity index (χ3v) is 7.00. The Kier molecular flexibility index (Phi) is 6.76. The average molecular weight is 508 g/mol. The van der Waals surface area contributed by atoms with Crippen molar-refractivity contribution in [3.63, 3.8) is 0 Å². The summed E-state index contributed by atoms with van der Waals surface area (Å²) in [6.45, 7) is 0. The zero-order valence-electron chi connectivity index (χ0n) is 20.8. The van der Waals surface area contributed by atoms with Crippen molar-refractivity contribution in [2.45, 2.75) is 0 Å². The Hall–Kier alpha value is -4.59. The molecule has 0 atom stereocenters. The molecule has 0 unspecified atom stereocenters. The van der Waals surface area contributed by atoms with Crippen LogP contribution in [0.2, 0.25) is 5.02 Å². The van der Waals surface area contributed by atoms with Gasteiger partial charge in [-0.15, -0.1) is 0 Å². The Labute approximate surface area is 229 Å². The van der Waals surface area contributed by atoms with Crippen LogP contribution in [0.3, 0.4) is 0 Å². The molecule has 182 valence electrons. The molecule has 0 spiro atoms. The van der Waals surface area contributed by atoms with Gasteiger partial charge in [-0.25, -0.2) is 0 Å². The Bertz CT molecular complexity index is 1580. The summed E-state index contributed by atoms with van der Waals surface area (Å²) < 4.78 is 0. The number of rotatable bonds is 6. The molecule has 0 heterocycles. The number of hydrogen-bond acceptors (Lipinski definition) is 1. The molecule has 6 aromatic carbocycles. The Morgan fingerprint density at radius 1 is 0.316 bits per heavy atom. The SMILES string of the molecule is Clc1ccc(-c2ccc(-c3ccc(-c4cccc(N(c5ccccc5)c5ccccc5)c4)cc3)cc2)cc1. The van der Waals surface area contributed by atoms with Crippen molar-refractivity contribution in [3.05, 3.63) is 163 Å². The lowest BCUT2D eigenvalue weighted by molar-refractivity contribution is 1.28. The second-order valence-corrected chi connectivity index (χ2v) is 9.65. The lowest BCUT2D eigenvalue weighted by Gasteiger charge is -2.25. The molecule has 0 amide bonds. The van der Waals surface area contributed by atoms with Crippen LogP contribution in [-0.4, -0.2) is 0 Å². The summed E-state index contributed by atoms with van der Waals surface area (Å²) in [5, 5.41) is 0.754. The molecule has 0 bridgehead atoms. The molecule has 0 saturated carbocycles. The summed E-state index contributed by atoms with van der Waals surface area (Å²) in [4.78, 5) is 2.29. The minimum Gasteiger partial charge on any atom is -0.310 e. The number of halogens is 1. The monoisotopic (exact) mass is 507 g/mol. The fourth-order valence-corrected chi connectivity index (χ4v) is 4.90. The van der Waals surface area contributed by atoms with Crippen molar-refractivity contribution in [1.29, 1.82) is 0 Å². The van der Waals surface area contributed by atoms with Gasteiger partial charge in [-0.1, -0.05) is 121 Å². The second kappa shape index (κ2) is 10.8. The summed E-state index contributed by atoms with van der Waals surface area (Å²) >= 11 is 6.04. The number of nitrogens with zero attached hydrogens (tertiary/aromatic N) is 1. The van der Waals surface area contributed by atoms with E-state index < -0.39 is 0 Å². The molecule has 0 N–H and O–H groups in total. The van der Waals surface area contributed by atoms with Crippen molar-refractivity contribution < 1.29 is 0 Å². The number of hydrogen-bond donors (Lipinski definition) is 0. The van der Waals surface area contributed by atoms with E-state index in [9.17, 15) is 0 Å². The van der Waals surface area contributed by atoms with E-state index >= 15 is 0 Å². The highest BCUT2D eigenvalue weighted by atomic mass is 35.5. The van der Waals surface area contributed by atoms with Crippen LogP contribution in [0.15, 0.2) is 158 Å². The minimum absolute atomic E-state index is 0.754. The van der Waals surface area contributed by atoms with Gasteiger partial charge in [-0.3, -0.25) is 0 Å². The van der Waals surface area contributed by atoms with Gasteiger partial charge < -0.3 is 4.90 Å². The molecule has 38 heavy (non-hydrogen) atoms. The maximum Gasteiger partial charge on any atom is 0.0467 e. The first kappa shape index (κ1) is 23.8. The molecular formula is C36H26ClN. The Balaban J connectivity index is 1.28. The van der Waals surface area contributed by atoms with Crippen LogP contribution in [0.1, 0.15) is 0 Å². The maximum absolute atomic E-state index is 6.04. The zero-order chi connectivity index (χ0) is 25.7. The smallest absolute Gasteiger partial charge is 0.0467 e. The Morgan fingerprint density at radius 2 is 0.684 bits per heavy atom. The first-order chi connectivity index (χ1) is 18.7. The number of anilines is 3. The van der Waals surface area contributed by atoms with Crippen molar-refractivity contribution in [3.8, 4) is 33.4 Å². The first-order valence-electron chi connectivity index (χ1n) is 12.7. The van der Waals surface area contributed by atoms with E-state index in [1.165, 1.54) is 27.8 Å². The van der Waals surface area contributed by atoms with Crippen LogP contribution in [0.4, 0.5) is 17.1 Å². The molecule has 0 aliphatic rings. The molecule has 0 fully saturated rings. The lowest BCUT2D eigenvalue weighted by atomic mass is 9.98. The maximum atomic E-state index is 6.04. The third-order valence-electron chi connectivity index (χ3n) is 6.75. The average Bonchev–Trinajstić information content (AvgIpc) is 2.99. The van der Waals surface area contributed by atoms with Crippen LogP contribution in [0.25, 0.3) is 33.4 Å². The van der Waals surface area contributed by atoms with Gasteiger partial charge in [0.25, 0.3) is 0 Å². The highest BCUT2D eigenvalue weighted by molar-refractivity contribution is 6.30. The fourth-order valence-electron chi connectivity index (χ4n) is 4.78. The molecule has 6 rings (SSSR count). The van der Waals surface area contributed by atoms with Crippen molar-refractivity contribution >= 4 is 28.7 Å². The quantitative estimate of drug-likeness (QED) is 0.216. The summed E-state index contributed by atoms with van der Waals surface area (Å²) in [7, 11) is 0. The second-order valence-electron chi connectivity index (χ2n) is 9.22. The van der Waals surface area contributed by atoms with Crippen LogP contribution in [-0.2, 0) is 0 Å². The van der Waals surface area contributed by atoms with E-state index in [2.05, 4.69) is 150 Å². The topological polar surface area (TPSA) is 3.24 Å². The molecule has 0 radical (unpaired) electrons.